The molecule has 0 saturated heterocycles. The molecule has 0 heterocycles. The minimum atomic E-state index is 0.228. The van der Waals surface area contributed by atoms with Gasteiger partial charge in [0.05, 0.1) is 0 Å². The van der Waals surface area contributed by atoms with Gasteiger partial charge in [-0.15, -0.1) is 0 Å². The van der Waals surface area contributed by atoms with Gasteiger partial charge < -0.3 is 10.2 Å². The second-order valence-corrected chi connectivity index (χ2v) is 6.23. The van der Waals surface area contributed by atoms with Gasteiger partial charge in [-0.1, -0.05) is 39.0 Å². The third-order valence-corrected chi connectivity index (χ3v) is 3.40. The Balaban J connectivity index is 2.81. The third-order valence-electron chi connectivity index (χ3n) is 3.40. The molecule has 2 heteroatoms. The summed E-state index contributed by atoms with van der Waals surface area (Å²) in [5.74, 6) is 0. The quantitative estimate of drug-likeness (QED) is 0.862. The smallest absolute Gasteiger partial charge is 0.0233 e. The number of nitrogens with one attached hydrogen (secondary N) is 1. The average Bonchev–Trinajstić information content (AvgIpc) is 2.28. The van der Waals surface area contributed by atoms with Crippen LogP contribution < -0.4 is 5.32 Å². The lowest BCUT2D eigenvalue weighted by Gasteiger charge is -2.23. The van der Waals surface area contributed by atoms with Crippen LogP contribution in [0.2, 0.25) is 0 Å². The first kappa shape index (κ1) is 15.2. The molecule has 0 aliphatic rings. The molecule has 1 rings (SSSR count). The van der Waals surface area contributed by atoms with Crippen molar-refractivity contribution in [1.82, 2.24) is 10.2 Å². The van der Waals surface area contributed by atoms with Gasteiger partial charge in [-0.2, -0.15) is 0 Å². The molecule has 0 spiro atoms. The van der Waals surface area contributed by atoms with Crippen LogP contribution in [0, 0.1) is 6.92 Å². The number of benzene rings is 1. The first-order valence-electron chi connectivity index (χ1n) is 6.77. The average molecular weight is 248 g/mol. The molecule has 0 aromatic heterocycles. The van der Waals surface area contributed by atoms with Crippen LogP contribution in [-0.4, -0.2) is 32.1 Å². The molecule has 0 fully saturated rings. The normalized spacial score (nSPS) is 12.2. The van der Waals surface area contributed by atoms with E-state index in [0.717, 1.165) is 19.6 Å². The Hall–Kier alpha value is -0.860. The molecule has 102 valence electrons. The van der Waals surface area contributed by atoms with Gasteiger partial charge in [0.1, 0.15) is 0 Å². The van der Waals surface area contributed by atoms with Crippen molar-refractivity contribution in [3.63, 3.8) is 0 Å². The lowest BCUT2D eigenvalue weighted by Crippen LogP contribution is -2.27. The summed E-state index contributed by atoms with van der Waals surface area (Å²) in [5.41, 5.74) is 4.48. The predicted octanol–water partition coefficient (Wildman–Crippen LogP) is 2.94. The number of aryl methyl sites for hydroxylation is 1. The van der Waals surface area contributed by atoms with E-state index in [4.69, 9.17) is 0 Å². The summed E-state index contributed by atoms with van der Waals surface area (Å²) < 4.78 is 0. The fraction of sp³-hybridized carbons (Fsp3) is 0.625. The Kier molecular flexibility index (Phi) is 5.36. The molecule has 1 N–H and O–H groups in total. The van der Waals surface area contributed by atoms with Crippen LogP contribution in [0.15, 0.2) is 18.2 Å². The van der Waals surface area contributed by atoms with Crippen LogP contribution in [0.3, 0.4) is 0 Å². The molecule has 0 bridgehead atoms. The van der Waals surface area contributed by atoms with Crippen molar-refractivity contribution in [2.75, 3.05) is 27.2 Å². The molecule has 0 aliphatic carbocycles. The monoisotopic (exact) mass is 248 g/mol. The lowest BCUT2D eigenvalue weighted by atomic mass is 9.85. The summed E-state index contributed by atoms with van der Waals surface area (Å²) in [6.45, 7) is 12.2. The zero-order valence-corrected chi connectivity index (χ0v) is 12.8. The highest BCUT2D eigenvalue weighted by atomic mass is 15.1. The van der Waals surface area contributed by atoms with Crippen molar-refractivity contribution in [1.29, 1.82) is 0 Å². The van der Waals surface area contributed by atoms with E-state index in [9.17, 15) is 0 Å². The van der Waals surface area contributed by atoms with Gasteiger partial charge in [-0.05, 0) is 43.1 Å². The second-order valence-electron chi connectivity index (χ2n) is 6.23. The molecular formula is C16H28N2. The maximum absolute atomic E-state index is 3.19. The molecule has 2 nitrogen and oxygen atoms in total. The SMILES string of the molecule is CNCCN(C)Cc1cc(C(C)(C)C)ccc1C. The summed E-state index contributed by atoms with van der Waals surface area (Å²) in [5, 5.41) is 3.19. The fourth-order valence-corrected chi connectivity index (χ4v) is 1.98. The molecular weight excluding hydrogens is 220 g/mol. The Bertz CT molecular complexity index is 377. The molecule has 0 atom stereocenters. The number of likely N-dealkylation sites (N-methyl/N-ethyl adjacent to an activating group) is 2. The first-order chi connectivity index (χ1) is 8.34. The van der Waals surface area contributed by atoms with E-state index in [1.165, 1.54) is 16.7 Å². The summed E-state index contributed by atoms with van der Waals surface area (Å²) in [6.07, 6.45) is 0. The van der Waals surface area contributed by atoms with E-state index in [1.807, 2.05) is 7.05 Å². The number of rotatable bonds is 5. The van der Waals surface area contributed by atoms with E-state index in [1.54, 1.807) is 0 Å². The maximum atomic E-state index is 3.19. The minimum absolute atomic E-state index is 0.228. The van der Waals surface area contributed by atoms with Crippen molar-refractivity contribution in [3.05, 3.63) is 34.9 Å². The molecule has 0 saturated carbocycles. The van der Waals surface area contributed by atoms with E-state index in [0.29, 0.717) is 0 Å². The van der Waals surface area contributed by atoms with Crippen molar-refractivity contribution < 1.29 is 0 Å². The Labute approximate surface area is 112 Å². The van der Waals surface area contributed by atoms with Crippen molar-refractivity contribution in [3.8, 4) is 0 Å². The third kappa shape index (κ3) is 4.43. The molecule has 1 aromatic carbocycles. The lowest BCUT2D eigenvalue weighted by molar-refractivity contribution is 0.327. The number of nitrogens with zero attached hydrogens (tertiary/aromatic N) is 1. The predicted molar refractivity (Wildman–Crippen MR) is 80.1 cm³/mol. The van der Waals surface area contributed by atoms with Crippen LogP contribution in [0.1, 0.15) is 37.5 Å². The minimum Gasteiger partial charge on any atom is -0.318 e. The Morgan fingerprint density at radius 3 is 2.44 bits per heavy atom. The first-order valence-corrected chi connectivity index (χ1v) is 6.77. The van der Waals surface area contributed by atoms with Crippen molar-refractivity contribution in [2.24, 2.45) is 0 Å². The van der Waals surface area contributed by atoms with Gasteiger partial charge in [-0.25, -0.2) is 0 Å². The maximum Gasteiger partial charge on any atom is 0.0233 e. The van der Waals surface area contributed by atoms with Gasteiger partial charge in [0.2, 0.25) is 0 Å². The molecule has 1 aromatic rings. The fourth-order valence-electron chi connectivity index (χ4n) is 1.98. The van der Waals surface area contributed by atoms with E-state index in [-0.39, 0.29) is 5.41 Å². The van der Waals surface area contributed by atoms with Crippen molar-refractivity contribution >= 4 is 0 Å². The standard InChI is InChI=1S/C16H28N2/c1-13-7-8-15(16(2,3)4)11-14(13)12-18(6)10-9-17-5/h7-8,11,17H,9-10,12H2,1-6H3. The number of hydrogen-bond acceptors (Lipinski definition) is 2. The van der Waals surface area contributed by atoms with Gasteiger partial charge in [0.15, 0.2) is 0 Å². The molecule has 0 amide bonds. The second kappa shape index (κ2) is 6.35. The van der Waals surface area contributed by atoms with Gasteiger partial charge >= 0.3 is 0 Å². The van der Waals surface area contributed by atoms with E-state index in [2.05, 4.69) is 63.2 Å². The van der Waals surface area contributed by atoms with Crippen LogP contribution in [-0.2, 0) is 12.0 Å². The molecule has 0 radical (unpaired) electrons. The van der Waals surface area contributed by atoms with Crippen LogP contribution in [0.5, 0.6) is 0 Å². The summed E-state index contributed by atoms with van der Waals surface area (Å²) in [4.78, 5) is 2.37. The highest BCUT2D eigenvalue weighted by Crippen LogP contribution is 2.24. The van der Waals surface area contributed by atoms with E-state index < -0.39 is 0 Å². The zero-order chi connectivity index (χ0) is 13.8. The summed E-state index contributed by atoms with van der Waals surface area (Å²) in [6, 6.07) is 6.87. The number of hydrogen-bond donors (Lipinski definition) is 1. The Morgan fingerprint density at radius 1 is 1.22 bits per heavy atom. The van der Waals surface area contributed by atoms with E-state index >= 15 is 0 Å². The molecule has 18 heavy (non-hydrogen) atoms. The van der Waals surface area contributed by atoms with Crippen LogP contribution in [0.25, 0.3) is 0 Å². The van der Waals surface area contributed by atoms with Gasteiger partial charge in [0, 0.05) is 19.6 Å². The summed E-state index contributed by atoms with van der Waals surface area (Å²) in [7, 11) is 4.18. The molecule has 0 unspecified atom stereocenters. The van der Waals surface area contributed by atoms with Gasteiger partial charge in [0.25, 0.3) is 0 Å². The highest BCUT2D eigenvalue weighted by molar-refractivity contribution is 5.34. The topological polar surface area (TPSA) is 15.3 Å². The summed E-state index contributed by atoms with van der Waals surface area (Å²) >= 11 is 0. The Morgan fingerprint density at radius 2 is 1.89 bits per heavy atom. The largest absolute Gasteiger partial charge is 0.318 e. The van der Waals surface area contributed by atoms with Crippen molar-refractivity contribution in [2.45, 2.75) is 39.7 Å². The highest BCUT2D eigenvalue weighted by Gasteiger charge is 2.15. The zero-order valence-electron chi connectivity index (χ0n) is 12.8. The van der Waals surface area contributed by atoms with Crippen LogP contribution >= 0.6 is 0 Å². The van der Waals surface area contributed by atoms with Crippen LogP contribution in [0.4, 0.5) is 0 Å². The van der Waals surface area contributed by atoms with Gasteiger partial charge in [-0.3, -0.25) is 0 Å². The molecule has 0 aliphatic heterocycles.